The number of halogens is 2. The van der Waals surface area contributed by atoms with E-state index < -0.39 is 11.7 Å². The lowest BCUT2D eigenvalue weighted by Crippen LogP contribution is -2.33. The molecule has 0 aliphatic heterocycles. The van der Waals surface area contributed by atoms with Crippen molar-refractivity contribution in [3.8, 4) is 22.3 Å². The van der Waals surface area contributed by atoms with Gasteiger partial charge in [0.1, 0.15) is 22.9 Å². The van der Waals surface area contributed by atoms with Crippen LogP contribution < -0.4 is 10.6 Å². The molecule has 0 aliphatic carbocycles. The van der Waals surface area contributed by atoms with Gasteiger partial charge in [-0.2, -0.15) is 0 Å². The average molecular weight is 548 g/mol. The van der Waals surface area contributed by atoms with E-state index in [0.717, 1.165) is 34.9 Å². The molecule has 6 nitrogen and oxygen atoms in total. The fraction of sp³-hybridized carbons (Fsp3) is 0.312. The molecular weight excluding hydrogens is 512 g/mol. The van der Waals surface area contributed by atoms with Gasteiger partial charge in [-0.15, -0.1) is 0 Å². The number of aromatic nitrogens is 1. The normalized spacial score (nSPS) is 12.2. The minimum absolute atomic E-state index is 0.174. The average Bonchev–Trinajstić information content (AvgIpc) is 3.28. The topological polar surface area (TPSA) is 83.2 Å². The van der Waals surface area contributed by atoms with Crippen LogP contribution in [0.4, 0.5) is 13.6 Å². The Morgan fingerprint density at radius 1 is 0.875 bits per heavy atom. The van der Waals surface area contributed by atoms with Crippen molar-refractivity contribution in [2.45, 2.75) is 46.1 Å². The van der Waals surface area contributed by atoms with Crippen LogP contribution in [0.1, 0.15) is 51.0 Å². The van der Waals surface area contributed by atoms with Gasteiger partial charge in [0.05, 0.1) is 0 Å². The van der Waals surface area contributed by atoms with E-state index in [0.29, 0.717) is 29.9 Å². The second kappa shape index (κ2) is 12.3. The number of hydrogen-bond acceptors (Lipinski definition) is 3. The molecule has 40 heavy (non-hydrogen) atoms. The quantitative estimate of drug-likeness (QED) is 0.190. The highest BCUT2D eigenvalue weighted by Gasteiger charge is 2.21. The number of aromatic amines is 1. The third-order valence-corrected chi connectivity index (χ3v) is 6.49. The second-order valence-corrected chi connectivity index (χ2v) is 11.0. The number of carbonyl (C=O) groups is 2. The number of H-pyrrole nitrogens is 1. The lowest BCUT2D eigenvalue weighted by molar-refractivity contribution is 0.0526. The standard InChI is InChI=1S/C32H35F2N3O3/c1-20(6-5-17-35-31(39)40-32(2,3)4)19-36-30(38)29-28(22-9-14-25(34)15-10-22)26-16-11-23(18-27(26)37-29)21-7-12-24(33)13-8-21/h7-16,18,20,37H,5-6,17,19H2,1-4H3,(H,35,39)(H,36,38)/t20-/m1/s1. The molecule has 1 aromatic heterocycles. The number of benzene rings is 3. The van der Waals surface area contributed by atoms with Gasteiger partial charge in [0.15, 0.2) is 0 Å². The van der Waals surface area contributed by atoms with Crippen LogP contribution in [0.5, 0.6) is 0 Å². The summed E-state index contributed by atoms with van der Waals surface area (Å²) in [5.74, 6) is -0.760. The van der Waals surface area contributed by atoms with Crippen molar-refractivity contribution in [2.24, 2.45) is 5.92 Å². The Morgan fingerprint density at radius 2 is 1.48 bits per heavy atom. The summed E-state index contributed by atoms with van der Waals surface area (Å²) in [5, 5.41) is 6.59. The summed E-state index contributed by atoms with van der Waals surface area (Å²) >= 11 is 0. The van der Waals surface area contributed by atoms with Crippen LogP contribution in [0.25, 0.3) is 33.2 Å². The van der Waals surface area contributed by atoms with Crippen molar-refractivity contribution in [2.75, 3.05) is 13.1 Å². The molecule has 4 rings (SSSR count). The minimum Gasteiger partial charge on any atom is -0.444 e. The molecule has 0 bridgehead atoms. The van der Waals surface area contributed by atoms with Gasteiger partial charge in [-0.3, -0.25) is 4.79 Å². The molecule has 1 heterocycles. The maximum Gasteiger partial charge on any atom is 0.407 e. The highest BCUT2D eigenvalue weighted by molar-refractivity contribution is 6.10. The smallest absolute Gasteiger partial charge is 0.407 e. The summed E-state index contributed by atoms with van der Waals surface area (Å²) in [6.07, 6.45) is 1.10. The van der Waals surface area contributed by atoms with Gasteiger partial charge in [-0.1, -0.05) is 43.3 Å². The molecule has 0 aliphatic rings. The Morgan fingerprint density at radius 3 is 2.10 bits per heavy atom. The third kappa shape index (κ3) is 7.46. The first-order valence-corrected chi connectivity index (χ1v) is 13.4. The van der Waals surface area contributed by atoms with Gasteiger partial charge in [0.2, 0.25) is 0 Å². The number of carbonyl (C=O) groups excluding carboxylic acids is 2. The van der Waals surface area contributed by atoms with E-state index in [1.807, 2.05) is 45.9 Å². The first-order chi connectivity index (χ1) is 19.0. The molecule has 3 aromatic carbocycles. The molecule has 2 amide bonds. The van der Waals surface area contributed by atoms with Gasteiger partial charge in [-0.25, -0.2) is 13.6 Å². The van der Waals surface area contributed by atoms with E-state index in [1.54, 1.807) is 24.3 Å². The zero-order valence-corrected chi connectivity index (χ0v) is 23.2. The SMILES string of the molecule is C[C@H](CCCNC(=O)OC(C)(C)C)CNC(=O)c1[nH]c2cc(-c3ccc(F)cc3)ccc2c1-c1ccc(F)cc1. The van der Waals surface area contributed by atoms with Gasteiger partial charge in [0.25, 0.3) is 5.91 Å². The van der Waals surface area contributed by atoms with Crippen molar-refractivity contribution in [1.29, 1.82) is 0 Å². The lowest BCUT2D eigenvalue weighted by atomic mass is 9.98. The van der Waals surface area contributed by atoms with E-state index in [1.165, 1.54) is 24.3 Å². The van der Waals surface area contributed by atoms with Crippen molar-refractivity contribution < 1.29 is 23.1 Å². The van der Waals surface area contributed by atoms with Crippen LogP contribution in [-0.4, -0.2) is 35.7 Å². The van der Waals surface area contributed by atoms with Crippen molar-refractivity contribution >= 4 is 22.9 Å². The summed E-state index contributed by atoms with van der Waals surface area (Å²) in [6, 6.07) is 18.0. The first kappa shape index (κ1) is 28.8. The molecule has 4 aromatic rings. The number of amides is 2. The van der Waals surface area contributed by atoms with Crippen LogP contribution >= 0.6 is 0 Å². The summed E-state index contributed by atoms with van der Waals surface area (Å²) in [4.78, 5) is 28.5. The predicted molar refractivity (Wildman–Crippen MR) is 154 cm³/mol. The minimum atomic E-state index is -0.542. The maximum absolute atomic E-state index is 13.7. The Hall–Kier alpha value is -4.20. The summed E-state index contributed by atoms with van der Waals surface area (Å²) in [7, 11) is 0. The van der Waals surface area contributed by atoms with E-state index in [-0.39, 0.29) is 23.5 Å². The number of fused-ring (bicyclic) bond motifs is 1. The molecule has 0 radical (unpaired) electrons. The Labute approximate surface area is 233 Å². The van der Waals surface area contributed by atoms with Crippen molar-refractivity contribution in [3.63, 3.8) is 0 Å². The second-order valence-electron chi connectivity index (χ2n) is 11.0. The molecule has 0 unspecified atom stereocenters. The third-order valence-electron chi connectivity index (χ3n) is 6.49. The van der Waals surface area contributed by atoms with Crippen LogP contribution in [0.2, 0.25) is 0 Å². The number of nitrogens with one attached hydrogen (secondary N) is 3. The molecule has 0 fully saturated rings. The zero-order chi connectivity index (χ0) is 28.9. The van der Waals surface area contributed by atoms with Crippen molar-refractivity contribution in [1.82, 2.24) is 15.6 Å². The highest BCUT2D eigenvalue weighted by Crippen LogP contribution is 2.35. The van der Waals surface area contributed by atoms with E-state index in [2.05, 4.69) is 15.6 Å². The highest BCUT2D eigenvalue weighted by atomic mass is 19.1. The fourth-order valence-electron chi connectivity index (χ4n) is 4.52. The van der Waals surface area contributed by atoms with Gasteiger partial charge >= 0.3 is 6.09 Å². The van der Waals surface area contributed by atoms with Crippen molar-refractivity contribution in [3.05, 3.63) is 84.1 Å². The number of ether oxygens (including phenoxy) is 1. The summed E-state index contributed by atoms with van der Waals surface area (Å²) in [6.45, 7) is 8.42. The molecule has 3 N–H and O–H groups in total. The van der Waals surface area contributed by atoms with Crippen LogP contribution in [0.15, 0.2) is 66.7 Å². The number of hydrogen-bond donors (Lipinski definition) is 3. The number of alkyl carbamates (subject to hydrolysis) is 1. The molecule has 0 saturated carbocycles. The predicted octanol–water partition coefficient (Wildman–Crippen LogP) is 7.45. The van der Waals surface area contributed by atoms with Crippen LogP contribution in [-0.2, 0) is 4.74 Å². The van der Waals surface area contributed by atoms with Gasteiger partial charge < -0.3 is 20.4 Å². The molecule has 8 heteroatoms. The lowest BCUT2D eigenvalue weighted by Gasteiger charge is -2.20. The Kier molecular flexibility index (Phi) is 8.87. The monoisotopic (exact) mass is 547 g/mol. The van der Waals surface area contributed by atoms with E-state index in [9.17, 15) is 18.4 Å². The molecule has 1 atom stereocenters. The number of rotatable bonds is 9. The molecule has 210 valence electrons. The molecular formula is C32H35F2N3O3. The van der Waals surface area contributed by atoms with Gasteiger partial charge in [-0.05, 0) is 86.6 Å². The Balaban J connectivity index is 1.48. The largest absolute Gasteiger partial charge is 0.444 e. The van der Waals surface area contributed by atoms with Crippen LogP contribution in [0.3, 0.4) is 0 Å². The Bertz CT molecular complexity index is 1470. The fourth-order valence-corrected chi connectivity index (χ4v) is 4.52. The zero-order valence-electron chi connectivity index (χ0n) is 23.2. The van der Waals surface area contributed by atoms with Gasteiger partial charge in [0, 0.05) is 29.6 Å². The maximum atomic E-state index is 13.7. The van der Waals surface area contributed by atoms with E-state index >= 15 is 0 Å². The van der Waals surface area contributed by atoms with E-state index in [4.69, 9.17) is 4.74 Å². The summed E-state index contributed by atoms with van der Waals surface area (Å²) < 4.78 is 32.3. The summed E-state index contributed by atoms with van der Waals surface area (Å²) in [5.41, 5.74) is 3.71. The molecule has 0 spiro atoms. The molecule has 0 saturated heterocycles. The first-order valence-electron chi connectivity index (χ1n) is 13.4. The van der Waals surface area contributed by atoms with Crippen LogP contribution in [0, 0.1) is 17.6 Å².